The molecule has 1 aromatic heterocycles. The van der Waals surface area contributed by atoms with E-state index in [1.807, 2.05) is 18.0 Å². The molecule has 1 aromatic rings. The number of carbonyl (C=O) groups is 1. The van der Waals surface area contributed by atoms with E-state index in [1.54, 1.807) is 6.07 Å². The second-order valence-electron chi connectivity index (χ2n) is 6.91. The number of nitrogens with two attached hydrogens (primary N) is 1. The third-order valence-corrected chi connectivity index (χ3v) is 4.10. The van der Waals surface area contributed by atoms with Crippen molar-refractivity contribution in [3.63, 3.8) is 0 Å². The van der Waals surface area contributed by atoms with Crippen LogP contribution in [-0.4, -0.2) is 28.9 Å². The van der Waals surface area contributed by atoms with Crippen LogP contribution in [0.5, 0.6) is 0 Å². The highest BCUT2D eigenvalue weighted by atomic mass is 16.2. The summed E-state index contributed by atoms with van der Waals surface area (Å²) in [6.07, 6.45) is 2.45. The van der Waals surface area contributed by atoms with Crippen molar-refractivity contribution in [2.24, 2.45) is 5.92 Å². The quantitative estimate of drug-likeness (QED) is 0.922. The zero-order chi connectivity index (χ0) is 15.1. The molecule has 110 valence electrons. The van der Waals surface area contributed by atoms with E-state index in [9.17, 15) is 4.79 Å². The molecule has 1 unspecified atom stereocenters. The summed E-state index contributed by atoms with van der Waals surface area (Å²) in [6, 6.07) is 3.83. The average molecular weight is 275 g/mol. The molecule has 0 bridgehead atoms. The fourth-order valence-corrected chi connectivity index (χ4v) is 2.34. The number of hydrogen-bond acceptors (Lipinski definition) is 3. The Bertz CT molecular complexity index is 515. The van der Waals surface area contributed by atoms with E-state index in [2.05, 4.69) is 32.7 Å². The van der Waals surface area contributed by atoms with Gasteiger partial charge in [-0.1, -0.05) is 20.8 Å². The van der Waals surface area contributed by atoms with Crippen molar-refractivity contribution in [1.82, 2.24) is 9.88 Å². The zero-order valence-corrected chi connectivity index (χ0v) is 13.1. The summed E-state index contributed by atoms with van der Waals surface area (Å²) >= 11 is 0. The first-order valence-electron chi connectivity index (χ1n) is 7.25. The number of rotatable bonds is 3. The number of anilines is 1. The number of pyridine rings is 1. The molecule has 4 heteroatoms. The van der Waals surface area contributed by atoms with Gasteiger partial charge in [-0.15, -0.1) is 0 Å². The molecule has 1 aliphatic carbocycles. The summed E-state index contributed by atoms with van der Waals surface area (Å²) in [5.74, 6) is 1.10. The van der Waals surface area contributed by atoms with E-state index >= 15 is 0 Å². The highest BCUT2D eigenvalue weighted by Crippen LogP contribution is 2.35. The van der Waals surface area contributed by atoms with E-state index in [4.69, 9.17) is 5.73 Å². The minimum Gasteiger partial charge on any atom is -0.384 e. The number of hydrogen-bond donors (Lipinski definition) is 1. The maximum atomic E-state index is 12.6. The number of carbonyl (C=O) groups excluding carboxylic acids is 1. The molecule has 2 rings (SSSR count). The average Bonchev–Trinajstić information content (AvgIpc) is 3.18. The maximum absolute atomic E-state index is 12.6. The minimum absolute atomic E-state index is 0.0315. The van der Waals surface area contributed by atoms with Gasteiger partial charge in [-0.05, 0) is 37.8 Å². The van der Waals surface area contributed by atoms with Gasteiger partial charge >= 0.3 is 0 Å². The normalized spacial score (nSPS) is 16.9. The Labute approximate surface area is 121 Å². The molecule has 1 fully saturated rings. The number of nitrogens with zero attached hydrogens (tertiary/aromatic N) is 2. The van der Waals surface area contributed by atoms with Crippen LogP contribution in [0.2, 0.25) is 0 Å². The van der Waals surface area contributed by atoms with Gasteiger partial charge in [0.2, 0.25) is 0 Å². The van der Waals surface area contributed by atoms with E-state index in [1.165, 1.54) is 12.8 Å². The molecule has 1 aliphatic rings. The predicted molar refractivity (Wildman–Crippen MR) is 81.6 cm³/mol. The number of nitrogen functional groups attached to an aromatic ring is 1. The Morgan fingerprint density at radius 2 is 2.00 bits per heavy atom. The largest absolute Gasteiger partial charge is 0.384 e. The van der Waals surface area contributed by atoms with Crippen LogP contribution >= 0.6 is 0 Å². The topological polar surface area (TPSA) is 59.2 Å². The smallest absolute Gasteiger partial charge is 0.254 e. The van der Waals surface area contributed by atoms with Gasteiger partial charge < -0.3 is 10.6 Å². The summed E-state index contributed by atoms with van der Waals surface area (Å²) in [6.45, 7) is 8.32. The molecule has 1 atom stereocenters. The number of aromatic nitrogens is 1. The summed E-state index contributed by atoms with van der Waals surface area (Å²) in [5.41, 5.74) is 7.23. The van der Waals surface area contributed by atoms with Crippen molar-refractivity contribution in [1.29, 1.82) is 0 Å². The van der Waals surface area contributed by atoms with Gasteiger partial charge in [0.05, 0.1) is 0 Å². The molecule has 1 heterocycles. The second-order valence-corrected chi connectivity index (χ2v) is 6.91. The second kappa shape index (κ2) is 5.08. The fraction of sp³-hybridized carbons (Fsp3) is 0.625. The van der Waals surface area contributed by atoms with Crippen LogP contribution < -0.4 is 5.73 Å². The molecule has 2 N–H and O–H groups in total. The van der Waals surface area contributed by atoms with E-state index in [0.717, 1.165) is 5.69 Å². The van der Waals surface area contributed by atoms with Crippen LogP contribution in [0.3, 0.4) is 0 Å². The van der Waals surface area contributed by atoms with Gasteiger partial charge in [0.25, 0.3) is 5.91 Å². The molecule has 0 aliphatic heterocycles. The molecule has 0 radical (unpaired) electrons. The molecule has 0 spiro atoms. The summed E-state index contributed by atoms with van der Waals surface area (Å²) in [5, 5.41) is 0. The molecule has 0 saturated heterocycles. The first-order chi connectivity index (χ1) is 9.20. The highest BCUT2D eigenvalue weighted by Gasteiger charge is 2.33. The fourth-order valence-electron chi connectivity index (χ4n) is 2.34. The van der Waals surface area contributed by atoms with Crippen molar-refractivity contribution >= 4 is 11.7 Å². The summed E-state index contributed by atoms with van der Waals surface area (Å²) in [7, 11) is 1.87. The van der Waals surface area contributed by atoms with Crippen molar-refractivity contribution in [2.75, 3.05) is 12.8 Å². The van der Waals surface area contributed by atoms with Crippen LogP contribution in [-0.2, 0) is 5.41 Å². The lowest BCUT2D eigenvalue weighted by molar-refractivity contribution is 0.0727. The van der Waals surface area contributed by atoms with Crippen LogP contribution in [0.25, 0.3) is 0 Å². The monoisotopic (exact) mass is 275 g/mol. The van der Waals surface area contributed by atoms with Crippen molar-refractivity contribution in [3.05, 3.63) is 23.4 Å². The Morgan fingerprint density at radius 3 is 2.50 bits per heavy atom. The van der Waals surface area contributed by atoms with E-state index in [0.29, 0.717) is 17.3 Å². The molecule has 0 aromatic carbocycles. The molecule has 1 amide bonds. The Hall–Kier alpha value is -1.58. The zero-order valence-electron chi connectivity index (χ0n) is 13.1. The molecular formula is C16H25N3O. The van der Waals surface area contributed by atoms with Crippen molar-refractivity contribution in [2.45, 2.75) is 52.0 Å². The van der Waals surface area contributed by atoms with Crippen LogP contribution in [0.1, 0.15) is 56.6 Å². The highest BCUT2D eigenvalue weighted by molar-refractivity contribution is 5.95. The third-order valence-electron chi connectivity index (χ3n) is 4.10. The van der Waals surface area contributed by atoms with E-state index < -0.39 is 0 Å². The third kappa shape index (κ3) is 3.11. The predicted octanol–water partition coefficient (Wildman–Crippen LogP) is 2.83. The summed E-state index contributed by atoms with van der Waals surface area (Å²) in [4.78, 5) is 18.8. The first kappa shape index (κ1) is 14.8. The lowest BCUT2D eigenvalue weighted by Gasteiger charge is -2.26. The standard InChI is InChI=1S/C16H25N3O/c1-10(11-6-7-11)19(5)15(20)12-8-13(16(2,3)4)18-14(17)9-12/h8-11H,6-7H2,1-5H3,(H2,17,18). The molecule has 20 heavy (non-hydrogen) atoms. The Morgan fingerprint density at radius 1 is 1.40 bits per heavy atom. The van der Waals surface area contributed by atoms with Crippen LogP contribution in [0.4, 0.5) is 5.82 Å². The summed E-state index contributed by atoms with van der Waals surface area (Å²) < 4.78 is 0. The first-order valence-corrected chi connectivity index (χ1v) is 7.25. The van der Waals surface area contributed by atoms with Crippen LogP contribution in [0, 0.1) is 5.92 Å². The van der Waals surface area contributed by atoms with Gasteiger partial charge in [-0.25, -0.2) is 4.98 Å². The van der Waals surface area contributed by atoms with Gasteiger partial charge in [-0.2, -0.15) is 0 Å². The van der Waals surface area contributed by atoms with Gasteiger partial charge in [0, 0.05) is 29.8 Å². The molecule has 1 saturated carbocycles. The Kier molecular flexibility index (Phi) is 3.76. The van der Waals surface area contributed by atoms with Crippen molar-refractivity contribution < 1.29 is 4.79 Å². The van der Waals surface area contributed by atoms with Crippen LogP contribution in [0.15, 0.2) is 12.1 Å². The lowest BCUT2D eigenvalue weighted by atomic mass is 9.90. The Balaban J connectivity index is 2.27. The van der Waals surface area contributed by atoms with Gasteiger partial charge in [0.1, 0.15) is 5.82 Å². The molecular weight excluding hydrogens is 250 g/mol. The SMILES string of the molecule is CC(C1CC1)N(C)C(=O)c1cc(N)nc(C(C)(C)C)c1. The van der Waals surface area contributed by atoms with E-state index in [-0.39, 0.29) is 17.4 Å². The lowest BCUT2D eigenvalue weighted by Crippen LogP contribution is -2.36. The number of amides is 1. The van der Waals surface area contributed by atoms with Crippen molar-refractivity contribution in [3.8, 4) is 0 Å². The molecule has 4 nitrogen and oxygen atoms in total. The maximum Gasteiger partial charge on any atom is 0.254 e. The van der Waals surface area contributed by atoms with Gasteiger partial charge in [0.15, 0.2) is 0 Å². The minimum atomic E-state index is -0.120. The van der Waals surface area contributed by atoms with Gasteiger partial charge in [-0.3, -0.25) is 4.79 Å².